The molecule has 1 N–H and O–H groups in total. The number of likely N-dealkylation sites (tertiary alicyclic amines) is 1. The number of carbonyl (C=O) groups is 1. The van der Waals surface area contributed by atoms with E-state index in [1.807, 2.05) is 23.1 Å². The maximum Gasteiger partial charge on any atom is 0.407 e. The molecule has 2 atom stereocenters. The van der Waals surface area contributed by atoms with Crippen LogP contribution in [0.25, 0.3) is 10.8 Å². The summed E-state index contributed by atoms with van der Waals surface area (Å²) in [6.07, 6.45) is -0.611. The number of carboxylic acid groups (broad SMARTS) is 1. The topological polar surface area (TPSA) is 109 Å². The van der Waals surface area contributed by atoms with Crippen molar-refractivity contribution < 1.29 is 23.4 Å². The molecule has 42 heavy (non-hydrogen) atoms. The summed E-state index contributed by atoms with van der Waals surface area (Å²) in [6.45, 7) is 1.91. The van der Waals surface area contributed by atoms with E-state index in [-0.39, 0.29) is 38.5 Å². The predicted molar refractivity (Wildman–Crippen MR) is 153 cm³/mol. The molecular weight excluding hydrogens is 544 g/mol. The first-order valence-electron chi connectivity index (χ1n) is 14.2. The molecule has 1 aromatic heterocycles. The first kappa shape index (κ1) is 27.9. The van der Waals surface area contributed by atoms with Crippen LogP contribution in [0.2, 0.25) is 0 Å². The van der Waals surface area contributed by atoms with Crippen molar-refractivity contribution in [2.75, 3.05) is 56.2 Å². The summed E-state index contributed by atoms with van der Waals surface area (Å²) in [5.41, 5.74) is 2.85. The second-order valence-corrected chi connectivity index (χ2v) is 11.3. The Balaban J connectivity index is 1.32. The molecule has 0 aliphatic carbocycles. The molecule has 4 heterocycles. The quantitative estimate of drug-likeness (QED) is 0.465. The number of alkyl halides is 2. The number of aromatic nitrogens is 2. The zero-order valence-electron chi connectivity index (χ0n) is 23.4. The Labute approximate surface area is 242 Å². The highest BCUT2D eigenvalue weighted by Crippen LogP contribution is 2.35. The van der Waals surface area contributed by atoms with Crippen molar-refractivity contribution in [2.45, 2.75) is 43.8 Å². The smallest absolute Gasteiger partial charge is 0.407 e. The number of hydrogen-bond donors (Lipinski definition) is 1. The Morgan fingerprint density at radius 1 is 1.12 bits per heavy atom. The molecule has 3 aliphatic rings. The van der Waals surface area contributed by atoms with E-state index in [4.69, 9.17) is 14.7 Å². The Morgan fingerprint density at radius 3 is 2.69 bits per heavy atom. The number of benzene rings is 2. The number of hydrogen-bond acceptors (Lipinski definition) is 8. The van der Waals surface area contributed by atoms with Gasteiger partial charge in [-0.05, 0) is 24.9 Å². The normalized spacial score (nSPS) is 22.2. The maximum absolute atomic E-state index is 14.0. The van der Waals surface area contributed by atoms with Crippen molar-refractivity contribution in [3.05, 3.63) is 53.7 Å². The molecule has 12 heteroatoms. The molecule has 0 saturated carbocycles. The summed E-state index contributed by atoms with van der Waals surface area (Å²) in [5.74, 6) is -2.10. The summed E-state index contributed by atoms with van der Waals surface area (Å²) >= 11 is 0. The SMILES string of the molecule is CN1CC(F)(F)C[C@H]1COc1nc2c(c(N3CCN(C(=O)O)[C@@H](CC#N)C3)n1)CCN(c1cccc3ccccc13)C2. The number of fused-ring (bicyclic) bond motifs is 2. The van der Waals surface area contributed by atoms with Crippen molar-refractivity contribution in [1.29, 1.82) is 5.26 Å². The Kier molecular flexibility index (Phi) is 7.45. The molecule has 6 rings (SSSR count). The third-order valence-corrected chi connectivity index (χ3v) is 8.53. The minimum absolute atomic E-state index is 0.0290. The second kappa shape index (κ2) is 11.2. The zero-order chi connectivity index (χ0) is 29.4. The first-order chi connectivity index (χ1) is 20.2. The highest BCUT2D eigenvalue weighted by Gasteiger charge is 2.43. The third kappa shape index (κ3) is 5.48. The number of anilines is 2. The van der Waals surface area contributed by atoms with Crippen LogP contribution in [0.4, 0.5) is 25.1 Å². The zero-order valence-corrected chi connectivity index (χ0v) is 23.4. The highest BCUT2D eigenvalue weighted by atomic mass is 19.3. The van der Waals surface area contributed by atoms with Crippen LogP contribution in [-0.2, 0) is 13.0 Å². The summed E-state index contributed by atoms with van der Waals surface area (Å²) in [6, 6.07) is 15.7. The van der Waals surface area contributed by atoms with Crippen LogP contribution in [0.5, 0.6) is 6.01 Å². The van der Waals surface area contributed by atoms with E-state index in [2.05, 4.69) is 35.2 Å². The van der Waals surface area contributed by atoms with Gasteiger partial charge in [-0.1, -0.05) is 36.4 Å². The number of likely N-dealkylation sites (N-methyl/N-ethyl adjacent to an activating group) is 1. The van der Waals surface area contributed by atoms with Crippen LogP contribution in [0, 0.1) is 11.3 Å². The molecule has 10 nitrogen and oxygen atoms in total. The van der Waals surface area contributed by atoms with Crippen LogP contribution in [0.1, 0.15) is 24.1 Å². The minimum atomic E-state index is -2.76. The predicted octanol–water partition coefficient (Wildman–Crippen LogP) is 3.99. The van der Waals surface area contributed by atoms with Gasteiger partial charge in [-0.15, -0.1) is 0 Å². The van der Waals surface area contributed by atoms with Gasteiger partial charge in [0.05, 0.1) is 37.3 Å². The number of rotatable bonds is 6. The van der Waals surface area contributed by atoms with Gasteiger partial charge in [0, 0.05) is 55.3 Å². The molecule has 3 aliphatic heterocycles. The van der Waals surface area contributed by atoms with Crippen LogP contribution in [-0.4, -0.2) is 95.4 Å². The monoisotopic (exact) mass is 577 g/mol. The van der Waals surface area contributed by atoms with Gasteiger partial charge in [-0.3, -0.25) is 4.90 Å². The van der Waals surface area contributed by atoms with E-state index < -0.39 is 24.1 Å². The number of amides is 1. The molecule has 1 amide bonds. The molecule has 0 bridgehead atoms. The fourth-order valence-electron chi connectivity index (χ4n) is 6.40. The van der Waals surface area contributed by atoms with Gasteiger partial charge in [0.15, 0.2) is 0 Å². The molecule has 2 aromatic carbocycles. The van der Waals surface area contributed by atoms with Gasteiger partial charge in [0.2, 0.25) is 0 Å². The molecule has 2 fully saturated rings. The van der Waals surface area contributed by atoms with E-state index in [0.717, 1.165) is 34.3 Å². The van der Waals surface area contributed by atoms with E-state index in [9.17, 15) is 23.9 Å². The molecule has 3 aromatic rings. The molecule has 2 saturated heterocycles. The molecule has 0 spiro atoms. The average molecular weight is 578 g/mol. The van der Waals surface area contributed by atoms with E-state index >= 15 is 0 Å². The lowest BCUT2D eigenvalue weighted by Crippen LogP contribution is -2.55. The average Bonchev–Trinajstić information content (AvgIpc) is 3.25. The molecule has 220 valence electrons. The van der Waals surface area contributed by atoms with Gasteiger partial charge in [-0.25, -0.2) is 13.6 Å². The molecule has 0 unspecified atom stereocenters. The number of nitrogens with zero attached hydrogens (tertiary/aromatic N) is 7. The Morgan fingerprint density at radius 2 is 1.93 bits per heavy atom. The maximum atomic E-state index is 14.0. The largest absolute Gasteiger partial charge is 0.465 e. The van der Waals surface area contributed by atoms with Gasteiger partial charge >= 0.3 is 12.1 Å². The summed E-state index contributed by atoms with van der Waals surface area (Å²) in [4.78, 5) is 28.5. The van der Waals surface area contributed by atoms with Gasteiger partial charge in [-0.2, -0.15) is 15.2 Å². The second-order valence-electron chi connectivity index (χ2n) is 11.3. The lowest BCUT2D eigenvalue weighted by Gasteiger charge is -2.41. The van der Waals surface area contributed by atoms with Crippen molar-refractivity contribution in [2.24, 2.45) is 0 Å². The van der Waals surface area contributed by atoms with Gasteiger partial charge in [0.1, 0.15) is 12.4 Å². The van der Waals surface area contributed by atoms with Crippen molar-refractivity contribution in [3.63, 3.8) is 0 Å². The number of halogens is 2. The van der Waals surface area contributed by atoms with Crippen LogP contribution >= 0.6 is 0 Å². The standard InChI is InChI=1S/C30H33F2N7O3/c1-36-19-30(31,32)15-22(36)18-42-28-34-25-17-37(26-8-4-6-20-5-2-3-7-23(20)26)12-10-24(25)27(35-28)38-13-14-39(29(40)41)21(16-38)9-11-33/h2-8,21-22H,9-10,12-19H2,1H3,(H,40,41)/t21-,22-/m0/s1. The number of piperazine rings is 1. The first-order valence-corrected chi connectivity index (χ1v) is 14.2. The van der Waals surface area contributed by atoms with E-state index in [0.29, 0.717) is 31.9 Å². The number of nitriles is 1. The molecular formula is C30H33F2N7O3. The van der Waals surface area contributed by atoms with E-state index in [1.54, 1.807) is 11.9 Å². The highest BCUT2D eigenvalue weighted by molar-refractivity contribution is 5.94. The van der Waals surface area contributed by atoms with Crippen molar-refractivity contribution in [1.82, 2.24) is 19.8 Å². The van der Waals surface area contributed by atoms with Crippen molar-refractivity contribution >= 4 is 28.4 Å². The van der Waals surface area contributed by atoms with Crippen LogP contribution < -0.4 is 14.5 Å². The van der Waals surface area contributed by atoms with E-state index in [1.165, 1.54) is 4.90 Å². The van der Waals surface area contributed by atoms with Gasteiger partial charge < -0.3 is 24.5 Å². The lowest BCUT2D eigenvalue weighted by atomic mass is 10.0. The van der Waals surface area contributed by atoms with Gasteiger partial charge in [0.25, 0.3) is 5.92 Å². The minimum Gasteiger partial charge on any atom is -0.465 e. The van der Waals surface area contributed by atoms with Crippen molar-refractivity contribution in [3.8, 4) is 12.1 Å². The fraction of sp³-hybridized carbons (Fsp3) is 0.467. The number of ether oxygens (including phenoxy) is 1. The summed E-state index contributed by atoms with van der Waals surface area (Å²) in [7, 11) is 1.66. The molecule has 0 radical (unpaired) electrons. The van der Waals surface area contributed by atoms with Crippen LogP contribution in [0.3, 0.4) is 0 Å². The summed E-state index contributed by atoms with van der Waals surface area (Å²) in [5, 5.41) is 21.3. The fourth-order valence-corrected chi connectivity index (χ4v) is 6.40. The van der Waals surface area contributed by atoms with Crippen LogP contribution in [0.15, 0.2) is 42.5 Å². The lowest BCUT2D eigenvalue weighted by molar-refractivity contribution is 0.0136. The summed E-state index contributed by atoms with van der Waals surface area (Å²) < 4.78 is 34.0. The Bertz CT molecular complexity index is 1530. The third-order valence-electron chi connectivity index (χ3n) is 8.53. The Hall–Kier alpha value is -4.24.